The zero-order valence-corrected chi connectivity index (χ0v) is 19.9. The van der Waals surface area contributed by atoms with Gasteiger partial charge < -0.3 is 15.1 Å². The molecule has 1 amide bonds. The largest absolute Gasteiger partial charge is 0.490 e. The van der Waals surface area contributed by atoms with Crippen molar-refractivity contribution < 1.29 is 50.9 Å². The van der Waals surface area contributed by atoms with Gasteiger partial charge in [-0.25, -0.2) is 9.59 Å². The second-order valence-electron chi connectivity index (χ2n) is 7.99. The smallest absolute Gasteiger partial charge is 0.475 e. The van der Waals surface area contributed by atoms with Crippen molar-refractivity contribution in [3.8, 4) is 0 Å². The van der Waals surface area contributed by atoms with Gasteiger partial charge in [-0.05, 0) is 42.0 Å². The molecule has 4 rings (SSSR count). The van der Waals surface area contributed by atoms with E-state index >= 15 is 0 Å². The summed E-state index contributed by atoms with van der Waals surface area (Å²) >= 11 is 1.82. The Morgan fingerprint density at radius 2 is 1.51 bits per heavy atom. The molecule has 0 spiro atoms. The SMILES string of the molecule is O=C(O)C(F)(F)F.O=C(O)C(F)(F)F.O=C1CC[C@H]2[C@H](CCN2Cc2cccs2)N1Cc1ccncc1. The van der Waals surface area contributed by atoms with Gasteiger partial charge >= 0.3 is 24.3 Å². The number of halogens is 6. The number of carboxylic acids is 2. The van der Waals surface area contributed by atoms with Gasteiger partial charge in [0.25, 0.3) is 0 Å². The van der Waals surface area contributed by atoms with Crippen LogP contribution in [0.4, 0.5) is 26.3 Å². The van der Waals surface area contributed by atoms with Crippen LogP contribution in [0.3, 0.4) is 0 Å². The van der Waals surface area contributed by atoms with E-state index < -0.39 is 24.3 Å². The lowest BCUT2D eigenvalue weighted by molar-refractivity contribution is -0.193. The number of pyridine rings is 1. The molecule has 2 N–H and O–H groups in total. The van der Waals surface area contributed by atoms with Crippen molar-refractivity contribution in [1.82, 2.24) is 14.8 Å². The lowest BCUT2D eigenvalue weighted by Crippen LogP contribution is -2.51. The Bertz CT molecular complexity index is 1010. The van der Waals surface area contributed by atoms with E-state index in [1.165, 1.54) is 10.4 Å². The highest BCUT2D eigenvalue weighted by atomic mass is 32.1. The summed E-state index contributed by atoms with van der Waals surface area (Å²) in [5.41, 5.74) is 1.17. The summed E-state index contributed by atoms with van der Waals surface area (Å²) in [6.45, 7) is 2.83. The van der Waals surface area contributed by atoms with Crippen LogP contribution in [-0.2, 0) is 27.5 Å². The van der Waals surface area contributed by atoms with Crippen LogP contribution in [0, 0.1) is 0 Å². The standard InChI is InChI=1S/C18H21N3OS.2C2HF3O2/c22-18-4-3-16-17(21(18)12-14-5-8-19-9-6-14)7-10-20(16)13-15-2-1-11-23-15;2*3-2(4,5)1(6)7/h1-2,5-6,8-9,11,16-17H,3-4,7,10,12-13H2;2*(H,6,7)/t16-,17-;;/m0../s1. The summed E-state index contributed by atoms with van der Waals surface area (Å²) in [6, 6.07) is 9.22. The van der Waals surface area contributed by atoms with Gasteiger partial charge in [-0.3, -0.25) is 14.7 Å². The summed E-state index contributed by atoms with van der Waals surface area (Å²) in [5, 5.41) is 16.4. The molecule has 2 saturated heterocycles. The molecule has 4 heterocycles. The van der Waals surface area contributed by atoms with Crippen LogP contribution < -0.4 is 0 Å². The Kier molecular flexibility index (Phi) is 10.4. The fourth-order valence-electron chi connectivity index (χ4n) is 3.93. The highest BCUT2D eigenvalue weighted by molar-refractivity contribution is 7.09. The van der Waals surface area contributed by atoms with Crippen molar-refractivity contribution in [2.45, 2.75) is 56.8 Å². The third-order valence-corrected chi connectivity index (χ3v) is 6.39. The van der Waals surface area contributed by atoms with Gasteiger partial charge in [0.1, 0.15) is 0 Å². The van der Waals surface area contributed by atoms with E-state index in [2.05, 4.69) is 32.3 Å². The monoisotopic (exact) mass is 555 g/mol. The summed E-state index contributed by atoms with van der Waals surface area (Å²) in [5.74, 6) is -5.21. The Morgan fingerprint density at radius 3 is 2.00 bits per heavy atom. The number of alkyl halides is 6. The first-order chi connectivity index (χ1) is 17.2. The van der Waals surface area contributed by atoms with Gasteiger partial charge in [-0.15, -0.1) is 11.3 Å². The number of hydrogen-bond acceptors (Lipinski definition) is 6. The molecule has 2 aromatic heterocycles. The number of thiophene rings is 1. The number of amides is 1. The first kappa shape index (κ1) is 30.0. The predicted octanol–water partition coefficient (Wildman–Crippen LogP) is 4.18. The second-order valence-corrected chi connectivity index (χ2v) is 9.03. The van der Waals surface area contributed by atoms with Gasteiger partial charge in [0.2, 0.25) is 5.91 Å². The molecule has 0 unspecified atom stereocenters. The molecule has 0 aromatic carbocycles. The Hall–Kier alpha value is -3.20. The molecule has 2 atom stereocenters. The number of hydrogen-bond donors (Lipinski definition) is 2. The first-order valence-electron chi connectivity index (χ1n) is 10.7. The van der Waals surface area contributed by atoms with Crippen molar-refractivity contribution in [1.29, 1.82) is 0 Å². The van der Waals surface area contributed by atoms with Crippen LogP contribution in [0.15, 0.2) is 42.0 Å². The molecule has 0 saturated carbocycles. The molecule has 15 heteroatoms. The van der Waals surface area contributed by atoms with Crippen LogP contribution >= 0.6 is 11.3 Å². The third-order valence-electron chi connectivity index (χ3n) is 5.53. The van der Waals surface area contributed by atoms with E-state index in [-0.39, 0.29) is 0 Å². The van der Waals surface area contributed by atoms with Crippen LogP contribution in [0.5, 0.6) is 0 Å². The Balaban J connectivity index is 0.000000286. The van der Waals surface area contributed by atoms with E-state index in [4.69, 9.17) is 19.8 Å². The van der Waals surface area contributed by atoms with Gasteiger partial charge in [0, 0.05) is 55.4 Å². The van der Waals surface area contributed by atoms with Crippen molar-refractivity contribution in [2.24, 2.45) is 0 Å². The molecule has 0 radical (unpaired) electrons. The molecule has 204 valence electrons. The maximum absolute atomic E-state index is 12.5. The maximum atomic E-state index is 12.5. The van der Waals surface area contributed by atoms with Gasteiger partial charge in [0.05, 0.1) is 0 Å². The third kappa shape index (κ3) is 9.31. The minimum Gasteiger partial charge on any atom is -0.475 e. The number of nitrogens with zero attached hydrogens (tertiary/aromatic N) is 3. The van der Waals surface area contributed by atoms with E-state index in [1.807, 2.05) is 23.5 Å². The molecule has 2 aliphatic heterocycles. The minimum atomic E-state index is -5.08. The fraction of sp³-hybridized carbons (Fsp3) is 0.455. The average molecular weight is 555 g/mol. The molecule has 2 aliphatic rings. The van der Waals surface area contributed by atoms with Gasteiger partial charge in [-0.2, -0.15) is 26.3 Å². The number of piperidine rings is 1. The van der Waals surface area contributed by atoms with E-state index in [0.29, 0.717) is 24.4 Å². The minimum absolute atomic E-state index is 0.307. The molecular weight excluding hydrogens is 532 g/mol. The number of carboxylic acid groups (broad SMARTS) is 2. The Labute approximate surface area is 211 Å². The number of carbonyl (C=O) groups excluding carboxylic acids is 1. The van der Waals surface area contributed by atoms with Crippen LogP contribution in [0.2, 0.25) is 0 Å². The quantitative estimate of drug-likeness (QED) is 0.545. The van der Waals surface area contributed by atoms with Crippen molar-refractivity contribution >= 4 is 29.2 Å². The number of rotatable bonds is 4. The molecule has 2 fully saturated rings. The van der Waals surface area contributed by atoms with Crippen molar-refractivity contribution in [3.63, 3.8) is 0 Å². The molecule has 0 bridgehead atoms. The summed E-state index contributed by atoms with van der Waals surface area (Å²) in [7, 11) is 0. The number of carbonyl (C=O) groups is 3. The molecule has 37 heavy (non-hydrogen) atoms. The number of aromatic nitrogens is 1. The normalized spacial score (nSPS) is 19.7. The summed E-state index contributed by atoms with van der Waals surface area (Å²) in [6.07, 6.45) is -3.79. The van der Waals surface area contributed by atoms with E-state index in [0.717, 1.165) is 32.5 Å². The van der Waals surface area contributed by atoms with E-state index in [9.17, 15) is 31.1 Å². The zero-order chi connectivity index (χ0) is 27.8. The number of aliphatic carboxylic acids is 2. The van der Waals surface area contributed by atoms with Gasteiger partial charge in [0.15, 0.2) is 0 Å². The average Bonchev–Trinajstić information content (AvgIpc) is 3.46. The van der Waals surface area contributed by atoms with Crippen molar-refractivity contribution in [3.05, 3.63) is 52.5 Å². The van der Waals surface area contributed by atoms with Crippen LogP contribution in [-0.4, -0.2) is 73.8 Å². The molecular formula is C22H23F6N3O5S. The van der Waals surface area contributed by atoms with Crippen LogP contribution in [0.1, 0.15) is 29.7 Å². The summed E-state index contributed by atoms with van der Waals surface area (Å²) < 4.78 is 63.5. The number of fused-ring (bicyclic) bond motifs is 1. The number of likely N-dealkylation sites (tertiary alicyclic amines) is 2. The van der Waals surface area contributed by atoms with Crippen molar-refractivity contribution in [2.75, 3.05) is 6.54 Å². The predicted molar refractivity (Wildman–Crippen MR) is 118 cm³/mol. The highest BCUT2D eigenvalue weighted by Gasteiger charge is 2.43. The van der Waals surface area contributed by atoms with E-state index in [1.54, 1.807) is 12.4 Å². The lowest BCUT2D eigenvalue weighted by Gasteiger charge is -2.40. The zero-order valence-electron chi connectivity index (χ0n) is 19.1. The maximum Gasteiger partial charge on any atom is 0.490 e. The first-order valence-corrected chi connectivity index (χ1v) is 11.6. The molecule has 8 nitrogen and oxygen atoms in total. The summed E-state index contributed by atoms with van der Waals surface area (Å²) in [4.78, 5) is 40.4. The molecule has 0 aliphatic carbocycles. The second kappa shape index (κ2) is 12.9. The van der Waals surface area contributed by atoms with Gasteiger partial charge in [-0.1, -0.05) is 6.07 Å². The lowest BCUT2D eigenvalue weighted by atomic mass is 9.95. The molecule has 2 aromatic rings. The Morgan fingerprint density at radius 1 is 0.946 bits per heavy atom. The van der Waals surface area contributed by atoms with Crippen LogP contribution in [0.25, 0.3) is 0 Å². The topological polar surface area (TPSA) is 111 Å². The fourth-order valence-corrected chi connectivity index (χ4v) is 4.66. The highest BCUT2D eigenvalue weighted by Crippen LogP contribution is 2.33.